The fourth-order valence-electron chi connectivity index (χ4n) is 2.56. The van der Waals surface area contributed by atoms with Crippen LogP contribution >= 0.6 is 15.9 Å². The smallest absolute Gasteiger partial charge is 0.241 e. The molecule has 1 aliphatic rings. The average molecular weight is 363 g/mol. The predicted octanol–water partition coefficient (Wildman–Crippen LogP) is 2.19. The minimum atomic E-state index is -3.60. The second-order valence-corrected chi connectivity index (χ2v) is 7.65. The first-order chi connectivity index (χ1) is 9.35. The summed E-state index contributed by atoms with van der Waals surface area (Å²) in [4.78, 5) is 0.214. The third-order valence-electron chi connectivity index (χ3n) is 3.72. The van der Waals surface area contributed by atoms with Crippen LogP contribution in [0.25, 0.3) is 0 Å². The van der Waals surface area contributed by atoms with Crippen molar-refractivity contribution in [2.45, 2.75) is 43.2 Å². The molecule has 112 valence electrons. The molecule has 2 rings (SSSR count). The number of sulfonamides is 1. The molecule has 1 fully saturated rings. The van der Waals surface area contributed by atoms with Crippen LogP contribution in [0.1, 0.15) is 24.8 Å². The van der Waals surface area contributed by atoms with E-state index in [1.807, 2.05) is 0 Å². The number of nitrogens with two attached hydrogens (primary N) is 1. The molecule has 1 aromatic rings. The van der Waals surface area contributed by atoms with Crippen molar-refractivity contribution in [3.05, 3.63) is 22.2 Å². The second-order valence-electron chi connectivity index (χ2n) is 5.05. The van der Waals surface area contributed by atoms with Gasteiger partial charge in [0.1, 0.15) is 0 Å². The molecule has 3 N–H and O–H groups in total. The molecule has 0 radical (unpaired) electrons. The number of anilines is 1. The van der Waals surface area contributed by atoms with Crippen molar-refractivity contribution in [1.29, 1.82) is 0 Å². The summed E-state index contributed by atoms with van der Waals surface area (Å²) in [6.45, 7) is 1.71. The Morgan fingerprint density at radius 2 is 2.10 bits per heavy atom. The largest absolute Gasteiger partial charge is 0.398 e. The van der Waals surface area contributed by atoms with Gasteiger partial charge < -0.3 is 10.5 Å². The molecule has 20 heavy (non-hydrogen) atoms. The van der Waals surface area contributed by atoms with Gasteiger partial charge in [0.25, 0.3) is 0 Å². The lowest BCUT2D eigenvalue weighted by Crippen LogP contribution is -2.40. The Morgan fingerprint density at radius 1 is 1.40 bits per heavy atom. The third kappa shape index (κ3) is 3.16. The molecule has 0 bridgehead atoms. The van der Waals surface area contributed by atoms with E-state index in [0.717, 1.165) is 19.3 Å². The lowest BCUT2D eigenvalue weighted by atomic mass is 10.2. The van der Waals surface area contributed by atoms with Crippen LogP contribution in [0.15, 0.2) is 21.5 Å². The van der Waals surface area contributed by atoms with E-state index in [1.165, 1.54) is 0 Å². The van der Waals surface area contributed by atoms with E-state index in [4.69, 9.17) is 10.5 Å². The first-order valence-electron chi connectivity index (χ1n) is 6.46. The van der Waals surface area contributed by atoms with Crippen LogP contribution in [0.5, 0.6) is 0 Å². The Morgan fingerprint density at radius 3 is 2.75 bits per heavy atom. The average Bonchev–Trinajstić information content (AvgIpc) is 2.80. The Hall–Kier alpha value is -0.630. The fraction of sp³-hybridized carbons (Fsp3) is 0.538. The normalized spacial score (nSPS) is 23.1. The zero-order valence-electron chi connectivity index (χ0n) is 11.5. The van der Waals surface area contributed by atoms with Crippen molar-refractivity contribution in [2.24, 2.45) is 0 Å². The maximum Gasteiger partial charge on any atom is 0.241 e. The first kappa shape index (κ1) is 15.8. The van der Waals surface area contributed by atoms with E-state index in [-0.39, 0.29) is 17.0 Å². The molecule has 5 nitrogen and oxygen atoms in total. The molecule has 0 heterocycles. The van der Waals surface area contributed by atoms with Crippen molar-refractivity contribution in [3.63, 3.8) is 0 Å². The summed E-state index contributed by atoms with van der Waals surface area (Å²) >= 11 is 3.28. The van der Waals surface area contributed by atoms with E-state index >= 15 is 0 Å². The lowest BCUT2D eigenvalue weighted by molar-refractivity contribution is 0.0916. The standard InChI is InChI=1S/C13H19BrN2O3S/c1-8-10(15)6-9(14)7-13(8)20(17,18)16-11-4-3-5-12(11)19-2/h6-7,11-12,16H,3-5,15H2,1-2H3. The van der Waals surface area contributed by atoms with Crippen LogP contribution in [0, 0.1) is 6.92 Å². The summed E-state index contributed by atoms with van der Waals surface area (Å²) in [7, 11) is -1.99. The number of benzene rings is 1. The molecule has 0 spiro atoms. The number of methoxy groups -OCH3 is 1. The molecule has 1 aromatic carbocycles. The molecule has 7 heteroatoms. The maximum absolute atomic E-state index is 12.5. The number of nitrogen functional groups attached to an aromatic ring is 1. The monoisotopic (exact) mass is 362 g/mol. The van der Waals surface area contributed by atoms with Crippen LogP contribution in [-0.2, 0) is 14.8 Å². The van der Waals surface area contributed by atoms with Gasteiger partial charge in [0, 0.05) is 23.3 Å². The van der Waals surface area contributed by atoms with Gasteiger partial charge >= 0.3 is 0 Å². The minimum Gasteiger partial charge on any atom is -0.398 e. The summed E-state index contributed by atoms with van der Waals surface area (Å²) in [5, 5.41) is 0. The molecule has 2 atom stereocenters. The molecular weight excluding hydrogens is 344 g/mol. The number of rotatable bonds is 4. The third-order valence-corrected chi connectivity index (χ3v) is 5.79. The molecule has 0 aliphatic heterocycles. The van der Waals surface area contributed by atoms with E-state index < -0.39 is 10.0 Å². The van der Waals surface area contributed by atoms with Crippen LogP contribution in [-0.4, -0.2) is 27.7 Å². The van der Waals surface area contributed by atoms with Gasteiger partial charge in [0.05, 0.1) is 11.0 Å². The second kappa shape index (κ2) is 6.01. The summed E-state index contributed by atoms with van der Waals surface area (Å²) in [6.07, 6.45) is 2.57. The first-order valence-corrected chi connectivity index (χ1v) is 8.73. The van der Waals surface area contributed by atoms with E-state index in [0.29, 0.717) is 15.7 Å². The van der Waals surface area contributed by atoms with Crippen molar-refractivity contribution in [2.75, 3.05) is 12.8 Å². The van der Waals surface area contributed by atoms with E-state index in [2.05, 4.69) is 20.7 Å². The van der Waals surface area contributed by atoms with Gasteiger partial charge in [-0.2, -0.15) is 0 Å². The minimum absolute atomic E-state index is 0.0606. The maximum atomic E-state index is 12.5. The van der Waals surface area contributed by atoms with E-state index in [1.54, 1.807) is 26.2 Å². The van der Waals surface area contributed by atoms with Gasteiger partial charge in [-0.05, 0) is 43.9 Å². The molecule has 0 aromatic heterocycles. The zero-order valence-corrected chi connectivity index (χ0v) is 13.9. The summed E-state index contributed by atoms with van der Waals surface area (Å²) in [6, 6.07) is 3.09. The Kier molecular flexibility index (Phi) is 4.73. The number of hydrogen-bond acceptors (Lipinski definition) is 4. The molecule has 0 saturated heterocycles. The quantitative estimate of drug-likeness (QED) is 0.804. The highest BCUT2D eigenvalue weighted by atomic mass is 79.9. The van der Waals surface area contributed by atoms with E-state index in [9.17, 15) is 8.42 Å². The van der Waals surface area contributed by atoms with Crippen molar-refractivity contribution < 1.29 is 13.2 Å². The molecule has 1 aliphatic carbocycles. The van der Waals surface area contributed by atoms with Gasteiger partial charge in [0.2, 0.25) is 10.0 Å². The zero-order chi connectivity index (χ0) is 14.9. The molecule has 1 saturated carbocycles. The van der Waals surface area contributed by atoms with Gasteiger partial charge in [-0.1, -0.05) is 15.9 Å². The summed E-state index contributed by atoms with van der Waals surface area (Å²) in [5.74, 6) is 0. The Balaban J connectivity index is 2.31. The molecule has 0 amide bonds. The molecule has 2 unspecified atom stereocenters. The number of ether oxygens (including phenoxy) is 1. The highest BCUT2D eigenvalue weighted by Gasteiger charge is 2.32. The number of nitrogens with one attached hydrogen (secondary N) is 1. The van der Waals surface area contributed by atoms with Gasteiger partial charge in [0.15, 0.2) is 0 Å². The Labute approximate surface area is 128 Å². The lowest BCUT2D eigenvalue weighted by Gasteiger charge is -2.20. The highest BCUT2D eigenvalue weighted by molar-refractivity contribution is 9.10. The van der Waals surface area contributed by atoms with Crippen LogP contribution in [0.4, 0.5) is 5.69 Å². The Bertz CT molecular complexity index is 604. The fourth-order valence-corrected chi connectivity index (χ4v) is 4.78. The van der Waals surface area contributed by atoms with Crippen LogP contribution in [0.3, 0.4) is 0 Å². The van der Waals surface area contributed by atoms with Crippen molar-refractivity contribution >= 4 is 31.6 Å². The van der Waals surface area contributed by atoms with Crippen LogP contribution < -0.4 is 10.5 Å². The van der Waals surface area contributed by atoms with Gasteiger partial charge in [-0.25, -0.2) is 13.1 Å². The van der Waals surface area contributed by atoms with Gasteiger partial charge in [-0.15, -0.1) is 0 Å². The predicted molar refractivity (Wildman–Crippen MR) is 82.0 cm³/mol. The number of hydrogen-bond donors (Lipinski definition) is 2. The van der Waals surface area contributed by atoms with Crippen molar-refractivity contribution in [3.8, 4) is 0 Å². The highest BCUT2D eigenvalue weighted by Crippen LogP contribution is 2.28. The van der Waals surface area contributed by atoms with Crippen LogP contribution in [0.2, 0.25) is 0 Å². The van der Waals surface area contributed by atoms with Crippen molar-refractivity contribution in [1.82, 2.24) is 4.72 Å². The topological polar surface area (TPSA) is 81.4 Å². The van der Waals surface area contributed by atoms with Gasteiger partial charge in [-0.3, -0.25) is 0 Å². The molecular formula is C13H19BrN2O3S. The SMILES string of the molecule is COC1CCCC1NS(=O)(=O)c1cc(Br)cc(N)c1C. The number of halogens is 1. The summed E-state index contributed by atoms with van der Waals surface area (Å²) < 4.78 is 33.8. The summed E-state index contributed by atoms with van der Waals surface area (Å²) in [5.41, 5.74) is 6.85.